The summed E-state index contributed by atoms with van der Waals surface area (Å²) in [5, 5.41) is 6.24. The maximum atomic E-state index is 11.8. The summed E-state index contributed by atoms with van der Waals surface area (Å²) in [5.41, 5.74) is 0. The average molecular weight is 229 g/mol. The van der Waals surface area contributed by atoms with Gasteiger partial charge in [0.25, 0.3) is 10.0 Å². The number of sulfonamides is 1. The SMILES string of the molecule is CC1CCC(NS(=O)(=O)c2ccn[nH]2)C1. The third-order valence-corrected chi connectivity index (χ3v) is 4.23. The van der Waals surface area contributed by atoms with Crippen LogP contribution in [0.5, 0.6) is 0 Å². The van der Waals surface area contributed by atoms with Crippen LogP contribution >= 0.6 is 0 Å². The minimum atomic E-state index is -3.39. The van der Waals surface area contributed by atoms with Crippen LogP contribution in [0.3, 0.4) is 0 Å². The van der Waals surface area contributed by atoms with Crippen LogP contribution in [0.15, 0.2) is 17.3 Å². The minimum Gasteiger partial charge on any atom is -0.266 e. The van der Waals surface area contributed by atoms with Crippen molar-refractivity contribution in [2.45, 2.75) is 37.3 Å². The van der Waals surface area contributed by atoms with Gasteiger partial charge < -0.3 is 0 Å². The van der Waals surface area contributed by atoms with Gasteiger partial charge in [-0.15, -0.1) is 0 Å². The lowest BCUT2D eigenvalue weighted by atomic mass is 10.1. The molecule has 6 heteroatoms. The van der Waals surface area contributed by atoms with Crippen LogP contribution in [0.25, 0.3) is 0 Å². The molecule has 0 saturated heterocycles. The van der Waals surface area contributed by atoms with E-state index in [0.717, 1.165) is 19.3 Å². The standard InChI is InChI=1S/C9H15N3O2S/c1-7-2-3-8(6-7)12-15(13,14)9-4-5-10-11-9/h4-5,7-8,12H,2-3,6H2,1H3,(H,10,11). The Bertz CT molecular complexity index is 413. The van der Waals surface area contributed by atoms with Gasteiger partial charge in [0.2, 0.25) is 0 Å². The number of rotatable bonds is 3. The number of nitrogens with one attached hydrogen (secondary N) is 2. The fourth-order valence-electron chi connectivity index (χ4n) is 1.99. The molecular formula is C9H15N3O2S. The van der Waals surface area contributed by atoms with Crippen LogP contribution in [-0.4, -0.2) is 24.7 Å². The molecule has 1 heterocycles. The van der Waals surface area contributed by atoms with Gasteiger partial charge in [0, 0.05) is 6.04 Å². The van der Waals surface area contributed by atoms with E-state index < -0.39 is 10.0 Å². The lowest BCUT2D eigenvalue weighted by Crippen LogP contribution is -2.33. The molecule has 1 aliphatic carbocycles. The number of hydrogen-bond acceptors (Lipinski definition) is 3. The summed E-state index contributed by atoms with van der Waals surface area (Å²) in [6.45, 7) is 2.14. The normalized spacial score (nSPS) is 27.0. The molecule has 1 aliphatic rings. The maximum Gasteiger partial charge on any atom is 0.257 e. The number of aromatic nitrogens is 2. The maximum absolute atomic E-state index is 11.8. The van der Waals surface area contributed by atoms with E-state index in [1.54, 1.807) is 0 Å². The number of H-pyrrole nitrogens is 1. The minimum absolute atomic E-state index is 0.0771. The van der Waals surface area contributed by atoms with Crippen molar-refractivity contribution in [3.05, 3.63) is 12.3 Å². The highest BCUT2D eigenvalue weighted by Gasteiger charge is 2.26. The lowest BCUT2D eigenvalue weighted by Gasteiger charge is -2.11. The van der Waals surface area contributed by atoms with Crippen LogP contribution in [0, 0.1) is 5.92 Å². The predicted molar refractivity (Wildman–Crippen MR) is 55.7 cm³/mol. The average Bonchev–Trinajstić information content (AvgIpc) is 2.75. The monoisotopic (exact) mass is 229 g/mol. The summed E-state index contributed by atoms with van der Waals surface area (Å²) in [5.74, 6) is 0.611. The number of nitrogens with zero attached hydrogens (tertiary/aromatic N) is 1. The van der Waals surface area contributed by atoms with Crippen molar-refractivity contribution < 1.29 is 8.42 Å². The molecule has 0 bridgehead atoms. The van der Waals surface area contributed by atoms with Crippen molar-refractivity contribution in [2.24, 2.45) is 5.92 Å². The van der Waals surface area contributed by atoms with Crippen molar-refractivity contribution in [2.75, 3.05) is 0 Å². The molecule has 84 valence electrons. The molecule has 2 N–H and O–H groups in total. The summed E-state index contributed by atoms with van der Waals surface area (Å²) < 4.78 is 26.2. The lowest BCUT2D eigenvalue weighted by molar-refractivity contribution is 0.535. The van der Waals surface area contributed by atoms with E-state index in [2.05, 4.69) is 21.8 Å². The molecule has 2 rings (SSSR count). The van der Waals surface area contributed by atoms with Crippen molar-refractivity contribution in [3.8, 4) is 0 Å². The summed E-state index contributed by atoms with van der Waals surface area (Å²) in [7, 11) is -3.39. The first-order chi connectivity index (χ1) is 7.08. The molecule has 0 spiro atoms. The zero-order chi connectivity index (χ0) is 10.9. The topological polar surface area (TPSA) is 74.8 Å². The second-order valence-corrected chi connectivity index (χ2v) is 5.84. The Balaban J connectivity index is 2.06. The molecule has 1 fully saturated rings. The van der Waals surface area contributed by atoms with Gasteiger partial charge in [-0.2, -0.15) is 5.10 Å². The largest absolute Gasteiger partial charge is 0.266 e. The summed E-state index contributed by atoms with van der Waals surface area (Å²) >= 11 is 0. The van der Waals surface area contributed by atoms with Crippen LogP contribution in [0.2, 0.25) is 0 Å². The molecular weight excluding hydrogens is 214 g/mol. The molecule has 2 unspecified atom stereocenters. The fraction of sp³-hybridized carbons (Fsp3) is 0.667. The summed E-state index contributed by atoms with van der Waals surface area (Å²) in [6.07, 6.45) is 4.38. The van der Waals surface area contributed by atoms with E-state index in [1.165, 1.54) is 12.3 Å². The second-order valence-electron chi connectivity index (χ2n) is 4.16. The molecule has 2 atom stereocenters. The number of aromatic amines is 1. The van der Waals surface area contributed by atoms with Crippen molar-refractivity contribution in [1.82, 2.24) is 14.9 Å². The molecule has 1 aromatic rings. The van der Waals surface area contributed by atoms with Crippen LogP contribution in [0.1, 0.15) is 26.2 Å². The quantitative estimate of drug-likeness (QED) is 0.807. The summed E-state index contributed by atoms with van der Waals surface area (Å²) in [6, 6.07) is 1.54. The van der Waals surface area contributed by atoms with Gasteiger partial charge in [0.05, 0.1) is 6.20 Å². The molecule has 0 aromatic carbocycles. The fourth-order valence-corrected chi connectivity index (χ4v) is 3.18. The van der Waals surface area contributed by atoms with Crippen molar-refractivity contribution >= 4 is 10.0 Å². The van der Waals surface area contributed by atoms with Crippen molar-refractivity contribution in [1.29, 1.82) is 0 Å². The Morgan fingerprint density at radius 1 is 1.53 bits per heavy atom. The number of hydrogen-bond donors (Lipinski definition) is 2. The van der Waals surface area contributed by atoms with Gasteiger partial charge in [-0.25, -0.2) is 13.1 Å². The van der Waals surface area contributed by atoms with E-state index in [-0.39, 0.29) is 11.1 Å². The van der Waals surface area contributed by atoms with Crippen LogP contribution in [0.4, 0.5) is 0 Å². The Hall–Kier alpha value is -0.880. The second kappa shape index (κ2) is 3.94. The van der Waals surface area contributed by atoms with Crippen LogP contribution < -0.4 is 4.72 Å². The van der Waals surface area contributed by atoms with E-state index in [4.69, 9.17) is 0 Å². The Kier molecular flexibility index (Phi) is 2.79. The van der Waals surface area contributed by atoms with E-state index >= 15 is 0 Å². The molecule has 1 aromatic heterocycles. The highest BCUT2D eigenvalue weighted by Crippen LogP contribution is 2.25. The Morgan fingerprint density at radius 2 is 2.33 bits per heavy atom. The van der Waals surface area contributed by atoms with Gasteiger partial charge in [0.15, 0.2) is 5.03 Å². The molecule has 5 nitrogen and oxygen atoms in total. The van der Waals surface area contributed by atoms with Crippen LogP contribution in [-0.2, 0) is 10.0 Å². The Morgan fingerprint density at radius 3 is 2.87 bits per heavy atom. The van der Waals surface area contributed by atoms with Gasteiger partial charge in [-0.1, -0.05) is 6.92 Å². The first kappa shape index (κ1) is 10.6. The molecule has 0 aliphatic heterocycles. The third-order valence-electron chi connectivity index (χ3n) is 2.78. The predicted octanol–water partition coefficient (Wildman–Crippen LogP) is 0.877. The molecule has 0 amide bonds. The third kappa shape index (κ3) is 2.38. The van der Waals surface area contributed by atoms with Gasteiger partial charge in [-0.05, 0) is 31.2 Å². The zero-order valence-electron chi connectivity index (χ0n) is 8.60. The first-order valence-electron chi connectivity index (χ1n) is 5.09. The van der Waals surface area contributed by atoms with E-state index in [1.807, 2.05) is 0 Å². The van der Waals surface area contributed by atoms with E-state index in [0.29, 0.717) is 5.92 Å². The highest BCUT2D eigenvalue weighted by molar-refractivity contribution is 7.89. The molecule has 15 heavy (non-hydrogen) atoms. The van der Waals surface area contributed by atoms with E-state index in [9.17, 15) is 8.42 Å². The smallest absolute Gasteiger partial charge is 0.257 e. The zero-order valence-corrected chi connectivity index (χ0v) is 9.42. The Labute approximate surface area is 89.3 Å². The summed E-state index contributed by atoms with van der Waals surface area (Å²) in [4.78, 5) is 0. The molecule has 1 saturated carbocycles. The molecule has 0 radical (unpaired) electrons. The first-order valence-corrected chi connectivity index (χ1v) is 6.58. The van der Waals surface area contributed by atoms with Crippen molar-refractivity contribution in [3.63, 3.8) is 0 Å². The van der Waals surface area contributed by atoms with Gasteiger partial charge >= 0.3 is 0 Å². The van der Waals surface area contributed by atoms with Gasteiger partial charge in [-0.3, -0.25) is 5.10 Å². The van der Waals surface area contributed by atoms with Gasteiger partial charge in [0.1, 0.15) is 0 Å². The highest BCUT2D eigenvalue weighted by atomic mass is 32.2.